The third-order valence-electron chi connectivity index (χ3n) is 3.33. The smallest absolute Gasteiger partial charge is 0.270 e. The third-order valence-corrected chi connectivity index (χ3v) is 3.33. The first-order chi connectivity index (χ1) is 12.0. The maximum absolute atomic E-state index is 10.9. The van der Waals surface area contributed by atoms with Crippen molar-refractivity contribution in [3.05, 3.63) is 67.8 Å². The highest BCUT2D eigenvalue weighted by Gasteiger charge is 2.16. The highest BCUT2D eigenvalue weighted by atomic mass is 16.6. The van der Waals surface area contributed by atoms with Crippen molar-refractivity contribution in [2.75, 3.05) is 14.2 Å². The highest BCUT2D eigenvalue weighted by Crippen LogP contribution is 2.33. The van der Waals surface area contributed by atoms with Gasteiger partial charge in [-0.05, 0) is 12.1 Å². The number of benzene rings is 2. The number of non-ortho nitro benzene ring substituents is 2. The Hall–Kier alpha value is -3.04. The van der Waals surface area contributed by atoms with Gasteiger partial charge in [0, 0.05) is 49.6 Å². The molecular formula is C16H16N2O7. The number of methoxy groups -OCH3 is 2. The summed E-state index contributed by atoms with van der Waals surface area (Å²) in [6.45, 7) is 0.229. The Morgan fingerprint density at radius 3 is 1.52 bits per heavy atom. The quantitative estimate of drug-likeness (QED) is 0.529. The number of nitro groups is 2. The molecular weight excluding hydrogens is 332 g/mol. The molecule has 9 heteroatoms. The monoisotopic (exact) mass is 348 g/mol. The summed E-state index contributed by atoms with van der Waals surface area (Å²) >= 11 is 0. The van der Waals surface area contributed by atoms with Crippen molar-refractivity contribution in [3.8, 4) is 11.5 Å². The largest absolute Gasteiger partial charge is 0.457 e. The Morgan fingerprint density at radius 2 is 1.20 bits per heavy atom. The van der Waals surface area contributed by atoms with Crippen LogP contribution in [0.5, 0.6) is 11.5 Å². The predicted octanol–water partition coefficient (Wildman–Crippen LogP) is 3.59. The van der Waals surface area contributed by atoms with Crippen LogP contribution in [0.4, 0.5) is 11.4 Å². The van der Waals surface area contributed by atoms with Crippen LogP contribution in [0.15, 0.2) is 36.4 Å². The van der Waals surface area contributed by atoms with Gasteiger partial charge < -0.3 is 14.2 Å². The van der Waals surface area contributed by atoms with Crippen LogP contribution in [0, 0.1) is 20.2 Å². The standard InChI is InChI=1S/C16H16N2O7/c1-23-9-11-7-13(17(19)20)3-5-15(11)25-16-6-4-14(18(21)22)8-12(16)10-24-2/h3-8H,9-10H2,1-2H3. The summed E-state index contributed by atoms with van der Waals surface area (Å²) in [7, 11) is 2.93. The molecule has 0 spiro atoms. The van der Waals surface area contributed by atoms with Crippen LogP contribution >= 0.6 is 0 Å². The second-order valence-corrected chi connectivity index (χ2v) is 5.07. The molecule has 0 heterocycles. The minimum absolute atomic E-state index is 0.0831. The lowest BCUT2D eigenvalue weighted by atomic mass is 10.1. The van der Waals surface area contributed by atoms with Crippen LogP contribution in [0.2, 0.25) is 0 Å². The van der Waals surface area contributed by atoms with Gasteiger partial charge in [0.05, 0.1) is 23.1 Å². The molecule has 25 heavy (non-hydrogen) atoms. The van der Waals surface area contributed by atoms with E-state index in [0.29, 0.717) is 22.6 Å². The molecule has 0 aliphatic heterocycles. The molecule has 0 aliphatic carbocycles. The average Bonchev–Trinajstić information content (AvgIpc) is 2.58. The molecule has 2 aromatic rings. The van der Waals surface area contributed by atoms with Crippen molar-refractivity contribution in [1.82, 2.24) is 0 Å². The lowest BCUT2D eigenvalue weighted by Gasteiger charge is -2.13. The Kier molecular flexibility index (Phi) is 5.98. The Morgan fingerprint density at radius 1 is 0.800 bits per heavy atom. The number of hydrogen-bond donors (Lipinski definition) is 0. The fourth-order valence-electron chi connectivity index (χ4n) is 2.21. The first-order valence-electron chi connectivity index (χ1n) is 7.16. The van der Waals surface area contributed by atoms with Gasteiger partial charge in [0.2, 0.25) is 0 Å². The molecule has 0 fully saturated rings. The van der Waals surface area contributed by atoms with Gasteiger partial charge in [-0.3, -0.25) is 20.2 Å². The molecule has 0 unspecified atom stereocenters. The molecule has 2 aromatic carbocycles. The van der Waals surface area contributed by atoms with Crippen LogP contribution in [0.3, 0.4) is 0 Å². The van der Waals surface area contributed by atoms with Crippen molar-refractivity contribution in [2.24, 2.45) is 0 Å². The summed E-state index contributed by atoms with van der Waals surface area (Å²) in [5.74, 6) is 0.720. The van der Waals surface area contributed by atoms with E-state index in [1.165, 1.54) is 50.6 Å². The molecule has 0 N–H and O–H groups in total. The summed E-state index contributed by atoms with van der Waals surface area (Å²) in [5, 5.41) is 21.8. The van der Waals surface area contributed by atoms with E-state index in [4.69, 9.17) is 14.2 Å². The van der Waals surface area contributed by atoms with E-state index in [1.807, 2.05) is 0 Å². The molecule has 9 nitrogen and oxygen atoms in total. The summed E-state index contributed by atoms with van der Waals surface area (Å²) in [6.07, 6.45) is 0. The fraction of sp³-hybridized carbons (Fsp3) is 0.250. The molecule has 132 valence electrons. The van der Waals surface area contributed by atoms with E-state index < -0.39 is 9.85 Å². The third kappa shape index (κ3) is 4.49. The number of nitro benzene ring substituents is 2. The second kappa shape index (κ2) is 8.18. The molecule has 0 bridgehead atoms. The van der Waals surface area contributed by atoms with Gasteiger partial charge in [0.25, 0.3) is 11.4 Å². The average molecular weight is 348 g/mol. The maximum atomic E-state index is 10.9. The lowest BCUT2D eigenvalue weighted by molar-refractivity contribution is -0.385. The molecule has 0 saturated carbocycles. The van der Waals surface area contributed by atoms with Crippen LogP contribution in [-0.4, -0.2) is 24.1 Å². The number of nitrogens with zero attached hydrogens (tertiary/aromatic N) is 2. The molecule has 0 radical (unpaired) electrons. The zero-order chi connectivity index (χ0) is 18.4. The number of hydrogen-bond acceptors (Lipinski definition) is 7. The van der Waals surface area contributed by atoms with Crippen molar-refractivity contribution in [1.29, 1.82) is 0 Å². The van der Waals surface area contributed by atoms with Crippen LogP contribution < -0.4 is 4.74 Å². The highest BCUT2D eigenvalue weighted by molar-refractivity contribution is 5.49. The minimum atomic E-state index is -0.509. The van der Waals surface area contributed by atoms with Crippen molar-refractivity contribution in [2.45, 2.75) is 13.2 Å². The van der Waals surface area contributed by atoms with Gasteiger partial charge >= 0.3 is 0 Å². The second-order valence-electron chi connectivity index (χ2n) is 5.07. The first-order valence-corrected chi connectivity index (χ1v) is 7.16. The lowest BCUT2D eigenvalue weighted by Crippen LogP contribution is -2.00. The van der Waals surface area contributed by atoms with Gasteiger partial charge in [-0.25, -0.2) is 0 Å². The topological polar surface area (TPSA) is 114 Å². The summed E-state index contributed by atoms with van der Waals surface area (Å²) in [4.78, 5) is 20.8. The normalized spacial score (nSPS) is 10.5. The number of ether oxygens (including phenoxy) is 3. The zero-order valence-electron chi connectivity index (χ0n) is 13.6. The zero-order valence-corrected chi connectivity index (χ0v) is 13.6. The van der Waals surface area contributed by atoms with Gasteiger partial charge in [-0.15, -0.1) is 0 Å². The van der Waals surface area contributed by atoms with Gasteiger partial charge in [0.1, 0.15) is 11.5 Å². The van der Waals surface area contributed by atoms with E-state index in [0.717, 1.165) is 0 Å². The van der Waals surface area contributed by atoms with E-state index in [9.17, 15) is 20.2 Å². The van der Waals surface area contributed by atoms with Crippen LogP contribution in [-0.2, 0) is 22.7 Å². The molecule has 0 aromatic heterocycles. The Bertz CT molecular complexity index is 727. The molecule has 0 amide bonds. The van der Waals surface area contributed by atoms with Gasteiger partial charge in [0.15, 0.2) is 0 Å². The molecule has 0 saturated heterocycles. The van der Waals surface area contributed by atoms with Crippen molar-refractivity contribution < 1.29 is 24.1 Å². The van der Waals surface area contributed by atoms with Crippen molar-refractivity contribution >= 4 is 11.4 Å². The van der Waals surface area contributed by atoms with Crippen LogP contribution in [0.1, 0.15) is 11.1 Å². The number of rotatable bonds is 8. The van der Waals surface area contributed by atoms with E-state index in [2.05, 4.69) is 0 Å². The summed E-state index contributed by atoms with van der Waals surface area (Å²) in [6, 6.07) is 8.28. The predicted molar refractivity (Wildman–Crippen MR) is 87.7 cm³/mol. The van der Waals surface area contributed by atoms with E-state index >= 15 is 0 Å². The summed E-state index contributed by atoms with van der Waals surface area (Å²) in [5.41, 5.74) is 0.803. The van der Waals surface area contributed by atoms with Gasteiger partial charge in [-0.2, -0.15) is 0 Å². The minimum Gasteiger partial charge on any atom is -0.457 e. The molecule has 2 rings (SSSR count). The Labute approximate surface area is 143 Å². The van der Waals surface area contributed by atoms with E-state index in [-0.39, 0.29) is 24.6 Å². The van der Waals surface area contributed by atoms with E-state index in [1.54, 1.807) is 0 Å². The Balaban J connectivity index is 2.41. The van der Waals surface area contributed by atoms with Crippen molar-refractivity contribution in [3.63, 3.8) is 0 Å². The molecule has 0 atom stereocenters. The maximum Gasteiger partial charge on any atom is 0.270 e. The molecule has 0 aliphatic rings. The first kappa shape index (κ1) is 18.3. The van der Waals surface area contributed by atoms with Gasteiger partial charge in [-0.1, -0.05) is 0 Å². The van der Waals surface area contributed by atoms with Crippen LogP contribution in [0.25, 0.3) is 0 Å². The fourth-order valence-corrected chi connectivity index (χ4v) is 2.21. The summed E-state index contributed by atoms with van der Waals surface area (Å²) < 4.78 is 15.9. The SMILES string of the molecule is COCc1cc([N+](=O)[O-])ccc1Oc1ccc([N+](=O)[O-])cc1COC.